The Kier molecular flexibility index (Phi) is 5.31. The SMILES string of the molecule is Nc1cccc(SCCS(=O)(=O)N2CCC(CO)C2)c1. The first-order chi connectivity index (χ1) is 9.51. The van der Waals surface area contributed by atoms with Gasteiger partial charge in [0.05, 0.1) is 5.75 Å². The summed E-state index contributed by atoms with van der Waals surface area (Å²) in [5.74, 6) is 0.711. The average molecular weight is 316 g/mol. The smallest absolute Gasteiger partial charge is 0.214 e. The van der Waals surface area contributed by atoms with E-state index in [1.807, 2.05) is 18.2 Å². The van der Waals surface area contributed by atoms with Crippen LogP contribution in [0.3, 0.4) is 0 Å². The third kappa shape index (κ3) is 4.12. The Morgan fingerprint density at radius 1 is 1.45 bits per heavy atom. The molecule has 1 heterocycles. The first-order valence-electron chi connectivity index (χ1n) is 6.58. The minimum atomic E-state index is -3.21. The van der Waals surface area contributed by atoms with E-state index < -0.39 is 10.0 Å². The van der Waals surface area contributed by atoms with Crippen LogP contribution < -0.4 is 5.73 Å². The Morgan fingerprint density at radius 2 is 2.25 bits per heavy atom. The van der Waals surface area contributed by atoms with E-state index in [1.54, 1.807) is 6.07 Å². The third-order valence-corrected chi connectivity index (χ3v) is 6.46. The standard InChI is InChI=1S/C13H20N2O3S2/c14-12-2-1-3-13(8-12)19-6-7-20(17,18)15-5-4-11(9-15)10-16/h1-3,8,11,16H,4-7,9-10,14H2. The molecule has 0 aromatic heterocycles. The van der Waals surface area contributed by atoms with Gasteiger partial charge in [0, 0.05) is 36.0 Å². The number of benzene rings is 1. The molecule has 20 heavy (non-hydrogen) atoms. The lowest BCUT2D eigenvalue weighted by atomic mass is 10.1. The summed E-state index contributed by atoms with van der Waals surface area (Å²) in [6, 6.07) is 7.43. The van der Waals surface area contributed by atoms with Crippen LogP contribution >= 0.6 is 11.8 Å². The minimum Gasteiger partial charge on any atom is -0.399 e. The van der Waals surface area contributed by atoms with Crippen molar-refractivity contribution in [1.29, 1.82) is 0 Å². The van der Waals surface area contributed by atoms with Crippen molar-refractivity contribution in [2.45, 2.75) is 11.3 Å². The van der Waals surface area contributed by atoms with Crippen LogP contribution in [0, 0.1) is 5.92 Å². The predicted octanol–water partition coefficient (Wildman–Crippen LogP) is 1.00. The van der Waals surface area contributed by atoms with E-state index in [1.165, 1.54) is 16.1 Å². The van der Waals surface area contributed by atoms with Gasteiger partial charge < -0.3 is 10.8 Å². The molecule has 1 aromatic rings. The van der Waals surface area contributed by atoms with Gasteiger partial charge in [-0.05, 0) is 30.5 Å². The summed E-state index contributed by atoms with van der Waals surface area (Å²) < 4.78 is 25.8. The van der Waals surface area contributed by atoms with Gasteiger partial charge in [-0.15, -0.1) is 11.8 Å². The number of nitrogen functional groups attached to an aromatic ring is 1. The monoisotopic (exact) mass is 316 g/mol. The second-order valence-corrected chi connectivity index (χ2v) is 8.19. The zero-order valence-electron chi connectivity index (χ0n) is 11.2. The molecule has 0 saturated carbocycles. The van der Waals surface area contributed by atoms with Crippen molar-refractivity contribution >= 4 is 27.5 Å². The molecule has 5 nitrogen and oxygen atoms in total. The summed E-state index contributed by atoms with van der Waals surface area (Å²) in [6.07, 6.45) is 0.748. The molecule has 1 aliphatic heterocycles. The number of anilines is 1. The van der Waals surface area contributed by atoms with Crippen molar-refractivity contribution in [3.8, 4) is 0 Å². The van der Waals surface area contributed by atoms with Gasteiger partial charge in [0.15, 0.2) is 0 Å². The highest BCUT2D eigenvalue weighted by Crippen LogP contribution is 2.23. The Balaban J connectivity index is 1.84. The van der Waals surface area contributed by atoms with E-state index in [-0.39, 0.29) is 18.3 Å². The van der Waals surface area contributed by atoms with E-state index in [0.717, 1.165) is 11.3 Å². The van der Waals surface area contributed by atoms with E-state index in [9.17, 15) is 8.42 Å². The second-order valence-electron chi connectivity index (χ2n) is 4.93. The average Bonchev–Trinajstić information content (AvgIpc) is 2.88. The number of nitrogens with two attached hydrogens (primary N) is 1. The van der Waals surface area contributed by atoms with Gasteiger partial charge in [-0.3, -0.25) is 0 Å². The Morgan fingerprint density at radius 3 is 2.90 bits per heavy atom. The van der Waals surface area contributed by atoms with Crippen LogP contribution in [0.5, 0.6) is 0 Å². The molecule has 1 aliphatic rings. The zero-order chi connectivity index (χ0) is 14.6. The van der Waals surface area contributed by atoms with Crippen LogP contribution in [0.2, 0.25) is 0 Å². The highest BCUT2D eigenvalue weighted by molar-refractivity contribution is 8.00. The molecular formula is C13H20N2O3S2. The lowest BCUT2D eigenvalue weighted by Gasteiger charge is -2.16. The molecular weight excluding hydrogens is 296 g/mol. The maximum absolute atomic E-state index is 12.2. The van der Waals surface area contributed by atoms with Crippen LogP contribution in [0.4, 0.5) is 5.69 Å². The predicted molar refractivity (Wildman–Crippen MR) is 82.1 cm³/mol. The topological polar surface area (TPSA) is 83.6 Å². The number of aliphatic hydroxyl groups excluding tert-OH is 1. The minimum absolute atomic E-state index is 0.0596. The molecule has 0 aliphatic carbocycles. The summed E-state index contributed by atoms with van der Waals surface area (Å²) in [5, 5.41) is 9.06. The largest absolute Gasteiger partial charge is 0.399 e. The first-order valence-corrected chi connectivity index (χ1v) is 9.18. The number of thioether (sulfide) groups is 1. The van der Waals surface area contributed by atoms with Crippen molar-refractivity contribution in [3.05, 3.63) is 24.3 Å². The number of rotatable bonds is 6. The van der Waals surface area contributed by atoms with Gasteiger partial charge in [0.2, 0.25) is 10.0 Å². The lowest BCUT2D eigenvalue weighted by Crippen LogP contribution is -2.32. The maximum Gasteiger partial charge on any atom is 0.214 e. The fourth-order valence-corrected chi connectivity index (χ4v) is 5.08. The van der Waals surface area contributed by atoms with Crippen molar-refractivity contribution in [2.75, 3.05) is 36.9 Å². The Labute approximate surface area is 124 Å². The Bertz CT molecular complexity index is 548. The molecule has 7 heteroatoms. The van der Waals surface area contributed by atoms with Crippen molar-refractivity contribution < 1.29 is 13.5 Å². The summed E-state index contributed by atoms with van der Waals surface area (Å²) >= 11 is 1.49. The molecule has 1 atom stereocenters. The molecule has 1 unspecified atom stereocenters. The normalized spacial score (nSPS) is 20.4. The first kappa shape index (κ1) is 15.6. The summed E-state index contributed by atoms with van der Waals surface area (Å²) in [6.45, 7) is 1.03. The number of sulfonamides is 1. The van der Waals surface area contributed by atoms with Crippen molar-refractivity contribution in [3.63, 3.8) is 0 Å². The van der Waals surface area contributed by atoms with Crippen LogP contribution in [0.1, 0.15) is 6.42 Å². The van der Waals surface area contributed by atoms with Crippen molar-refractivity contribution in [1.82, 2.24) is 4.31 Å². The number of nitrogens with zero attached hydrogens (tertiary/aromatic N) is 1. The van der Waals surface area contributed by atoms with Crippen LogP contribution in [-0.4, -0.2) is 49.0 Å². The number of hydrogen-bond acceptors (Lipinski definition) is 5. The quantitative estimate of drug-likeness (QED) is 0.604. The second kappa shape index (κ2) is 6.80. The summed E-state index contributed by atoms with van der Waals surface area (Å²) in [7, 11) is -3.21. The fraction of sp³-hybridized carbons (Fsp3) is 0.538. The van der Waals surface area contributed by atoms with Gasteiger partial charge in [-0.1, -0.05) is 6.07 Å². The number of aliphatic hydroxyl groups is 1. The lowest BCUT2D eigenvalue weighted by molar-refractivity contribution is 0.233. The molecule has 1 saturated heterocycles. The van der Waals surface area contributed by atoms with E-state index in [4.69, 9.17) is 10.8 Å². The molecule has 0 spiro atoms. The van der Waals surface area contributed by atoms with Crippen LogP contribution in [0.25, 0.3) is 0 Å². The van der Waals surface area contributed by atoms with Crippen LogP contribution in [-0.2, 0) is 10.0 Å². The maximum atomic E-state index is 12.2. The molecule has 2 rings (SSSR count). The van der Waals surface area contributed by atoms with E-state index in [0.29, 0.717) is 24.5 Å². The fourth-order valence-electron chi connectivity index (χ4n) is 2.20. The molecule has 0 amide bonds. The molecule has 0 radical (unpaired) electrons. The van der Waals surface area contributed by atoms with Crippen LogP contribution in [0.15, 0.2) is 29.2 Å². The molecule has 1 aromatic carbocycles. The van der Waals surface area contributed by atoms with E-state index >= 15 is 0 Å². The highest BCUT2D eigenvalue weighted by Gasteiger charge is 2.30. The third-order valence-electron chi connectivity index (χ3n) is 3.37. The van der Waals surface area contributed by atoms with Gasteiger partial charge in [0.25, 0.3) is 0 Å². The molecule has 1 fully saturated rings. The number of hydrogen-bond donors (Lipinski definition) is 2. The molecule has 112 valence electrons. The van der Waals surface area contributed by atoms with Gasteiger partial charge in [-0.25, -0.2) is 12.7 Å². The Hall–Kier alpha value is -0.760. The summed E-state index contributed by atoms with van der Waals surface area (Å²) in [5.41, 5.74) is 6.37. The van der Waals surface area contributed by atoms with Gasteiger partial charge >= 0.3 is 0 Å². The molecule has 0 bridgehead atoms. The zero-order valence-corrected chi connectivity index (χ0v) is 12.9. The molecule has 3 N–H and O–H groups in total. The highest BCUT2D eigenvalue weighted by atomic mass is 32.2. The van der Waals surface area contributed by atoms with Gasteiger partial charge in [0.1, 0.15) is 0 Å². The van der Waals surface area contributed by atoms with Gasteiger partial charge in [-0.2, -0.15) is 0 Å². The van der Waals surface area contributed by atoms with E-state index in [2.05, 4.69) is 0 Å². The van der Waals surface area contributed by atoms with Crippen molar-refractivity contribution in [2.24, 2.45) is 5.92 Å². The summed E-state index contributed by atoms with van der Waals surface area (Å²) in [4.78, 5) is 0.981.